The van der Waals surface area contributed by atoms with E-state index in [1.54, 1.807) is 6.07 Å². The van der Waals surface area contributed by atoms with Crippen LogP contribution < -0.4 is 10.9 Å². The monoisotopic (exact) mass is 375 g/mol. The molecule has 2 rings (SSSR count). The minimum Gasteiger partial charge on any atom is -0.273 e. The van der Waals surface area contributed by atoms with Crippen LogP contribution in [0.5, 0.6) is 0 Å². The van der Waals surface area contributed by atoms with Crippen molar-refractivity contribution >= 4 is 37.6 Å². The van der Waals surface area contributed by atoms with Gasteiger partial charge in [0.15, 0.2) is 9.84 Å². The fraction of sp³-hybridized carbons (Fsp3) is 0.417. The van der Waals surface area contributed by atoms with E-state index in [-0.39, 0.29) is 23.8 Å². The molecule has 1 saturated heterocycles. The molecule has 114 valence electrons. The molecule has 21 heavy (non-hydrogen) atoms. The van der Waals surface area contributed by atoms with Gasteiger partial charge in [-0.2, -0.15) is 0 Å². The van der Waals surface area contributed by atoms with Gasteiger partial charge in [0.05, 0.1) is 17.1 Å². The molecule has 0 radical (unpaired) electrons. The zero-order valence-electron chi connectivity index (χ0n) is 11.0. The van der Waals surface area contributed by atoms with Crippen molar-refractivity contribution in [1.29, 1.82) is 0 Å². The van der Waals surface area contributed by atoms with Crippen molar-refractivity contribution in [2.24, 2.45) is 5.92 Å². The van der Waals surface area contributed by atoms with E-state index in [0.29, 0.717) is 16.5 Å². The lowest BCUT2D eigenvalue weighted by molar-refractivity contribution is -0.122. The summed E-state index contributed by atoms with van der Waals surface area (Å²) in [7, 11) is -3.00. The summed E-state index contributed by atoms with van der Waals surface area (Å²) in [6, 6.07) is 1.57. The topological polar surface area (TPSA) is 105 Å². The average Bonchev–Trinajstić information content (AvgIpc) is 2.75. The number of aromatic nitrogens is 1. The van der Waals surface area contributed by atoms with Crippen LogP contribution in [0.1, 0.15) is 23.2 Å². The molecule has 2 heterocycles. The van der Waals surface area contributed by atoms with Crippen molar-refractivity contribution in [3.05, 3.63) is 28.5 Å². The second-order valence-corrected chi connectivity index (χ2v) is 8.01. The Kier molecular flexibility index (Phi) is 4.94. The highest BCUT2D eigenvalue weighted by molar-refractivity contribution is 9.10. The smallest absolute Gasteiger partial charge is 0.271 e. The second-order valence-electron chi connectivity index (χ2n) is 4.87. The van der Waals surface area contributed by atoms with Crippen molar-refractivity contribution in [2.75, 3.05) is 11.5 Å². The normalized spacial score (nSPS) is 20.0. The van der Waals surface area contributed by atoms with Gasteiger partial charge in [-0.3, -0.25) is 25.4 Å². The summed E-state index contributed by atoms with van der Waals surface area (Å²) in [5, 5.41) is 0. The predicted octanol–water partition coefficient (Wildman–Crippen LogP) is 0.430. The van der Waals surface area contributed by atoms with Crippen molar-refractivity contribution < 1.29 is 18.0 Å². The van der Waals surface area contributed by atoms with Crippen LogP contribution in [0, 0.1) is 5.92 Å². The summed E-state index contributed by atoms with van der Waals surface area (Å²) in [5.41, 5.74) is 4.85. The van der Waals surface area contributed by atoms with E-state index in [4.69, 9.17) is 0 Å². The van der Waals surface area contributed by atoms with E-state index >= 15 is 0 Å². The van der Waals surface area contributed by atoms with E-state index in [9.17, 15) is 18.0 Å². The number of sulfone groups is 1. The van der Waals surface area contributed by atoms with Crippen LogP contribution in [0.4, 0.5) is 0 Å². The maximum atomic E-state index is 11.8. The summed E-state index contributed by atoms with van der Waals surface area (Å²) >= 11 is 3.19. The minimum atomic E-state index is -3.00. The SMILES string of the molecule is O=C(C[C@@H]1CCS(=O)(=O)C1)NNC(=O)c1cncc(Br)c1. The molecule has 1 aromatic heterocycles. The van der Waals surface area contributed by atoms with Crippen LogP contribution >= 0.6 is 15.9 Å². The molecule has 0 aromatic carbocycles. The summed E-state index contributed by atoms with van der Waals surface area (Å²) in [5.74, 6) is -0.922. The lowest BCUT2D eigenvalue weighted by Gasteiger charge is -2.10. The summed E-state index contributed by atoms with van der Waals surface area (Å²) < 4.78 is 23.2. The van der Waals surface area contributed by atoms with E-state index in [0.717, 1.165) is 0 Å². The average molecular weight is 376 g/mol. The molecule has 1 fully saturated rings. The van der Waals surface area contributed by atoms with Crippen molar-refractivity contribution in [3.63, 3.8) is 0 Å². The molecule has 2 N–H and O–H groups in total. The molecular formula is C12H14BrN3O4S. The highest BCUT2D eigenvalue weighted by Gasteiger charge is 2.29. The maximum absolute atomic E-state index is 11.8. The Morgan fingerprint density at radius 1 is 1.33 bits per heavy atom. The molecule has 0 bridgehead atoms. The number of pyridine rings is 1. The van der Waals surface area contributed by atoms with Gasteiger partial charge in [-0.15, -0.1) is 0 Å². The Balaban J connectivity index is 1.80. The van der Waals surface area contributed by atoms with Crippen molar-refractivity contribution in [2.45, 2.75) is 12.8 Å². The molecule has 0 aliphatic carbocycles. The third-order valence-corrected chi connectivity index (χ3v) is 5.35. The number of amides is 2. The Morgan fingerprint density at radius 3 is 2.71 bits per heavy atom. The highest BCUT2D eigenvalue weighted by atomic mass is 79.9. The number of carbonyl (C=O) groups is 2. The van der Waals surface area contributed by atoms with Crippen LogP contribution in [-0.2, 0) is 14.6 Å². The molecule has 2 amide bonds. The van der Waals surface area contributed by atoms with Gasteiger partial charge < -0.3 is 0 Å². The van der Waals surface area contributed by atoms with Crippen LogP contribution in [-0.4, -0.2) is 36.7 Å². The standard InChI is InChI=1S/C12H14BrN3O4S/c13-10-4-9(5-14-6-10)12(18)16-15-11(17)3-8-1-2-21(19,20)7-8/h4-6,8H,1-3,7H2,(H,15,17)(H,16,18)/t8-/m0/s1. The quantitative estimate of drug-likeness (QED) is 0.745. The first-order valence-electron chi connectivity index (χ1n) is 6.26. The van der Waals surface area contributed by atoms with E-state index < -0.39 is 21.7 Å². The largest absolute Gasteiger partial charge is 0.273 e. The summed E-state index contributed by atoms with van der Waals surface area (Å²) in [6.07, 6.45) is 3.47. The minimum absolute atomic E-state index is 0.0317. The number of hydrazine groups is 1. The molecule has 1 atom stereocenters. The van der Waals surface area contributed by atoms with Crippen molar-refractivity contribution in [3.8, 4) is 0 Å². The molecule has 0 unspecified atom stereocenters. The van der Waals surface area contributed by atoms with E-state index in [1.165, 1.54) is 12.4 Å². The first-order valence-corrected chi connectivity index (χ1v) is 8.87. The lowest BCUT2D eigenvalue weighted by atomic mass is 10.1. The van der Waals surface area contributed by atoms with Gasteiger partial charge in [-0.25, -0.2) is 8.42 Å². The molecular weight excluding hydrogens is 362 g/mol. The molecule has 0 saturated carbocycles. The van der Waals surface area contributed by atoms with Gasteiger partial charge in [0, 0.05) is 23.3 Å². The second kappa shape index (κ2) is 6.52. The Hall–Kier alpha value is -1.48. The van der Waals surface area contributed by atoms with Gasteiger partial charge >= 0.3 is 0 Å². The first-order chi connectivity index (χ1) is 9.85. The zero-order valence-corrected chi connectivity index (χ0v) is 13.4. The molecule has 0 spiro atoms. The van der Waals surface area contributed by atoms with Crippen LogP contribution in [0.15, 0.2) is 22.9 Å². The molecule has 1 aromatic rings. The molecule has 9 heteroatoms. The summed E-state index contributed by atoms with van der Waals surface area (Å²) in [4.78, 5) is 27.3. The number of nitrogens with one attached hydrogen (secondary N) is 2. The number of carbonyl (C=O) groups excluding carboxylic acids is 2. The van der Waals surface area contributed by atoms with E-state index in [2.05, 4.69) is 31.8 Å². The van der Waals surface area contributed by atoms with Gasteiger partial charge in [-0.1, -0.05) is 0 Å². The Bertz CT molecular complexity index is 662. The number of hydrogen-bond donors (Lipinski definition) is 2. The first kappa shape index (κ1) is 15.9. The van der Waals surface area contributed by atoms with Gasteiger partial charge in [0.2, 0.25) is 5.91 Å². The number of nitrogens with zero attached hydrogens (tertiary/aromatic N) is 1. The Labute approximate surface area is 130 Å². The van der Waals surface area contributed by atoms with Gasteiger partial charge in [0.25, 0.3) is 5.91 Å². The van der Waals surface area contributed by atoms with E-state index in [1.807, 2.05) is 0 Å². The highest BCUT2D eigenvalue weighted by Crippen LogP contribution is 2.21. The number of hydrogen-bond acceptors (Lipinski definition) is 5. The van der Waals surface area contributed by atoms with Crippen molar-refractivity contribution in [1.82, 2.24) is 15.8 Å². The third kappa shape index (κ3) is 4.78. The fourth-order valence-corrected chi connectivity index (χ4v) is 4.31. The molecule has 1 aliphatic heterocycles. The lowest BCUT2D eigenvalue weighted by Crippen LogP contribution is -2.42. The third-order valence-electron chi connectivity index (χ3n) is 3.08. The molecule has 7 nitrogen and oxygen atoms in total. The van der Waals surface area contributed by atoms with Crippen LogP contribution in [0.2, 0.25) is 0 Å². The maximum Gasteiger partial charge on any atom is 0.271 e. The molecule has 1 aliphatic rings. The predicted molar refractivity (Wildman–Crippen MR) is 78.9 cm³/mol. The zero-order chi connectivity index (χ0) is 15.5. The Morgan fingerprint density at radius 2 is 2.10 bits per heavy atom. The van der Waals surface area contributed by atoms with Gasteiger partial charge in [-0.05, 0) is 34.3 Å². The summed E-state index contributed by atoms with van der Waals surface area (Å²) in [6.45, 7) is 0. The van der Waals surface area contributed by atoms with Crippen LogP contribution in [0.3, 0.4) is 0 Å². The van der Waals surface area contributed by atoms with Crippen LogP contribution in [0.25, 0.3) is 0 Å². The fourth-order valence-electron chi connectivity index (χ4n) is 2.08. The number of halogens is 1. The number of rotatable bonds is 3. The van der Waals surface area contributed by atoms with Gasteiger partial charge in [0.1, 0.15) is 0 Å².